The summed E-state index contributed by atoms with van der Waals surface area (Å²) < 4.78 is 20.1. The smallest absolute Gasteiger partial charge is 0.232 e. The Labute approximate surface area is 235 Å². The van der Waals surface area contributed by atoms with Crippen molar-refractivity contribution in [3.8, 4) is 11.4 Å². The van der Waals surface area contributed by atoms with Crippen molar-refractivity contribution in [1.82, 2.24) is 20.1 Å². The standard InChI is InChI=1S/C32H38FN5O2/c1-21(2)26-36-28(40-37-26)31-10-7-29(8-11-31,9-12-31)20-38(25(39)14-30-17-32(33,18-30)19-30)24-6-4-5-23(13-24)27-34-15-22(3)16-35-27/h4-6,13,15-16,21H,7-12,14,17-20H2,1-3H3. The van der Waals surface area contributed by atoms with Gasteiger partial charge in [0.25, 0.3) is 0 Å². The maximum absolute atomic E-state index is 14.3. The average molecular weight is 544 g/mol. The zero-order valence-corrected chi connectivity index (χ0v) is 23.8. The molecule has 0 aliphatic heterocycles. The van der Waals surface area contributed by atoms with Crippen LogP contribution < -0.4 is 4.90 Å². The van der Waals surface area contributed by atoms with Crippen LogP contribution in [0, 0.1) is 17.8 Å². The second-order valence-electron chi connectivity index (χ2n) is 13.9. The molecule has 2 aromatic heterocycles. The van der Waals surface area contributed by atoms with Gasteiger partial charge in [0.05, 0.1) is 0 Å². The number of carbonyl (C=O) groups excluding carboxylic acids is 1. The maximum atomic E-state index is 14.3. The fourth-order valence-corrected chi connectivity index (χ4v) is 7.98. The fourth-order valence-electron chi connectivity index (χ4n) is 7.98. The van der Waals surface area contributed by atoms with Gasteiger partial charge in [0.1, 0.15) is 5.67 Å². The van der Waals surface area contributed by atoms with Crippen molar-refractivity contribution in [2.45, 2.75) is 102 Å². The second-order valence-corrected chi connectivity index (χ2v) is 13.9. The van der Waals surface area contributed by atoms with E-state index < -0.39 is 5.67 Å². The molecule has 0 saturated heterocycles. The SMILES string of the molecule is Cc1cnc(-c2cccc(N(CC34CCC(c5nc(C(C)C)no5)(CC3)CC4)C(=O)CC34CC(F)(C3)C4)c2)nc1. The van der Waals surface area contributed by atoms with Gasteiger partial charge >= 0.3 is 0 Å². The largest absolute Gasteiger partial charge is 0.339 e. The summed E-state index contributed by atoms with van der Waals surface area (Å²) in [6.45, 7) is 6.82. The van der Waals surface area contributed by atoms with E-state index in [0.29, 0.717) is 38.1 Å². The number of anilines is 1. The van der Waals surface area contributed by atoms with Crippen LogP contribution in [-0.2, 0) is 10.2 Å². The van der Waals surface area contributed by atoms with Crippen LogP contribution in [0.5, 0.6) is 0 Å². The summed E-state index contributed by atoms with van der Waals surface area (Å²) in [6.07, 6.45) is 11.7. The van der Waals surface area contributed by atoms with Gasteiger partial charge in [0.15, 0.2) is 11.6 Å². The lowest BCUT2D eigenvalue weighted by Crippen LogP contribution is -2.65. The third-order valence-corrected chi connectivity index (χ3v) is 10.4. The van der Waals surface area contributed by atoms with Gasteiger partial charge in [0.2, 0.25) is 11.8 Å². The predicted molar refractivity (Wildman–Crippen MR) is 149 cm³/mol. The molecular weight excluding hydrogens is 505 g/mol. The number of fused-ring (bicyclic) bond motifs is 3. The number of aromatic nitrogens is 4. The number of carbonyl (C=O) groups is 1. The van der Waals surface area contributed by atoms with Crippen LogP contribution in [-0.4, -0.2) is 38.2 Å². The van der Waals surface area contributed by atoms with E-state index in [0.717, 1.165) is 67.1 Å². The summed E-state index contributed by atoms with van der Waals surface area (Å²) in [7, 11) is 0. The van der Waals surface area contributed by atoms with Crippen molar-refractivity contribution < 1.29 is 13.7 Å². The zero-order chi connectivity index (χ0) is 27.8. The van der Waals surface area contributed by atoms with Crippen LogP contribution in [0.3, 0.4) is 0 Å². The van der Waals surface area contributed by atoms with Crippen molar-refractivity contribution in [2.24, 2.45) is 10.8 Å². The van der Waals surface area contributed by atoms with Gasteiger partial charge < -0.3 is 9.42 Å². The number of benzene rings is 1. The molecule has 2 heterocycles. The zero-order valence-electron chi connectivity index (χ0n) is 23.8. The molecule has 1 amide bonds. The van der Waals surface area contributed by atoms with E-state index in [1.165, 1.54) is 0 Å². The van der Waals surface area contributed by atoms with Gasteiger partial charge in [-0.15, -0.1) is 0 Å². The molecule has 0 N–H and O–H groups in total. The number of alkyl halides is 1. The van der Waals surface area contributed by atoms with E-state index in [4.69, 9.17) is 9.51 Å². The topological polar surface area (TPSA) is 85.0 Å². The van der Waals surface area contributed by atoms with E-state index in [1.807, 2.05) is 48.5 Å². The van der Waals surface area contributed by atoms with Gasteiger partial charge in [0, 0.05) is 47.9 Å². The number of nitrogens with zero attached hydrogens (tertiary/aromatic N) is 5. The predicted octanol–water partition coefficient (Wildman–Crippen LogP) is 6.87. The number of hydrogen-bond donors (Lipinski definition) is 0. The molecule has 0 radical (unpaired) electrons. The van der Waals surface area contributed by atoms with Gasteiger partial charge in [-0.25, -0.2) is 14.4 Å². The van der Waals surface area contributed by atoms with Crippen LogP contribution in [0.25, 0.3) is 11.4 Å². The summed E-state index contributed by atoms with van der Waals surface area (Å²) in [5, 5.41) is 4.25. The Morgan fingerprint density at radius 2 is 1.70 bits per heavy atom. The third-order valence-electron chi connectivity index (χ3n) is 10.4. The van der Waals surface area contributed by atoms with Crippen molar-refractivity contribution in [3.63, 3.8) is 0 Å². The molecule has 3 aromatic rings. The average Bonchev–Trinajstić information content (AvgIpc) is 3.44. The van der Waals surface area contributed by atoms with E-state index in [2.05, 4.69) is 29.0 Å². The maximum Gasteiger partial charge on any atom is 0.232 e. The van der Waals surface area contributed by atoms with Crippen LogP contribution >= 0.6 is 0 Å². The minimum absolute atomic E-state index is 0.0410. The first-order chi connectivity index (χ1) is 19.1. The van der Waals surface area contributed by atoms with Gasteiger partial charge in [-0.3, -0.25) is 4.79 Å². The van der Waals surface area contributed by atoms with Crippen molar-refractivity contribution in [2.75, 3.05) is 11.4 Å². The highest BCUT2D eigenvalue weighted by molar-refractivity contribution is 5.94. The third kappa shape index (κ3) is 4.25. The Balaban J connectivity index is 1.14. The molecule has 6 saturated carbocycles. The lowest BCUT2D eigenvalue weighted by atomic mass is 9.41. The molecule has 1 aromatic carbocycles. The van der Waals surface area contributed by atoms with E-state index in [1.54, 1.807) is 0 Å². The van der Waals surface area contributed by atoms with Gasteiger partial charge in [-0.2, -0.15) is 4.98 Å². The number of amides is 1. The molecule has 8 heteroatoms. The molecule has 6 aliphatic carbocycles. The first-order valence-electron chi connectivity index (χ1n) is 14.8. The highest BCUT2D eigenvalue weighted by atomic mass is 19.1. The van der Waals surface area contributed by atoms with Crippen LogP contribution in [0.1, 0.15) is 101 Å². The molecule has 0 unspecified atom stereocenters. The Morgan fingerprint density at radius 1 is 1.02 bits per heavy atom. The Hall–Kier alpha value is -3.16. The minimum Gasteiger partial charge on any atom is -0.339 e. The highest BCUT2D eigenvalue weighted by Gasteiger charge is 2.69. The first-order valence-corrected chi connectivity index (χ1v) is 14.8. The van der Waals surface area contributed by atoms with Crippen molar-refractivity contribution in [3.05, 3.63) is 53.9 Å². The lowest BCUT2D eigenvalue weighted by molar-refractivity contribution is -0.215. The summed E-state index contributed by atoms with van der Waals surface area (Å²) in [4.78, 5) is 29.8. The van der Waals surface area contributed by atoms with Crippen molar-refractivity contribution in [1.29, 1.82) is 0 Å². The van der Waals surface area contributed by atoms with Crippen LogP contribution in [0.15, 0.2) is 41.2 Å². The molecule has 0 atom stereocenters. The molecule has 9 rings (SSSR count). The second kappa shape index (κ2) is 8.92. The van der Waals surface area contributed by atoms with Crippen LogP contribution in [0.2, 0.25) is 0 Å². The van der Waals surface area contributed by atoms with E-state index in [9.17, 15) is 9.18 Å². The Morgan fingerprint density at radius 3 is 2.30 bits per heavy atom. The van der Waals surface area contributed by atoms with E-state index in [-0.39, 0.29) is 28.1 Å². The summed E-state index contributed by atoms with van der Waals surface area (Å²) in [6, 6.07) is 8.04. The number of aryl methyl sites for hydroxylation is 1. The Bertz CT molecular complexity index is 1400. The monoisotopic (exact) mass is 543 g/mol. The highest BCUT2D eigenvalue weighted by Crippen LogP contribution is 2.71. The number of halogens is 1. The quantitative estimate of drug-likeness (QED) is 0.308. The fraction of sp³-hybridized carbons (Fsp3) is 0.594. The summed E-state index contributed by atoms with van der Waals surface area (Å²) in [5.74, 6) is 2.59. The summed E-state index contributed by atoms with van der Waals surface area (Å²) >= 11 is 0. The number of rotatable bonds is 8. The minimum atomic E-state index is -1.01. The molecule has 0 spiro atoms. The van der Waals surface area contributed by atoms with Crippen LogP contribution in [0.4, 0.5) is 10.1 Å². The van der Waals surface area contributed by atoms with Crippen molar-refractivity contribution >= 4 is 11.6 Å². The first kappa shape index (κ1) is 25.8. The lowest BCUT2D eigenvalue weighted by Gasteiger charge is -2.66. The molecule has 210 valence electrons. The van der Waals surface area contributed by atoms with E-state index >= 15 is 0 Å². The van der Waals surface area contributed by atoms with Gasteiger partial charge in [-0.1, -0.05) is 31.1 Å². The number of hydrogen-bond acceptors (Lipinski definition) is 6. The molecule has 6 fully saturated rings. The molecule has 4 bridgehead atoms. The summed E-state index contributed by atoms with van der Waals surface area (Å²) in [5.41, 5.74) is 1.64. The molecule has 6 aliphatic rings. The van der Waals surface area contributed by atoms with Gasteiger partial charge in [-0.05, 0) is 93.2 Å². The molecule has 7 nitrogen and oxygen atoms in total. The normalized spacial score (nSPS) is 32.0. The Kier molecular flexibility index (Phi) is 5.75. The molecular formula is C32H38FN5O2. The molecule has 40 heavy (non-hydrogen) atoms.